The molecule has 0 aliphatic carbocycles. The fourth-order valence-corrected chi connectivity index (χ4v) is 3.12. The van der Waals surface area contributed by atoms with E-state index in [2.05, 4.69) is 22.2 Å². The molecule has 2 aromatic rings. The maximum atomic E-state index is 12.2. The number of rotatable bonds is 4. The number of hydrogen-bond acceptors (Lipinski definition) is 4. The number of carbonyl (C=O) groups is 1. The molecule has 156 valence electrons. The number of nitrogens with two attached hydrogens (primary N) is 1. The van der Waals surface area contributed by atoms with Crippen molar-refractivity contribution < 1.29 is 9.53 Å². The van der Waals surface area contributed by atoms with Crippen LogP contribution < -0.4 is 5.73 Å². The van der Waals surface area contributed by atoms with E-state index >= 15 is 0 Å². The fourth-order valence-electron chi connectivity index (χ4n) is 3.12. The highest BCUT2D eigenvalue weighted by molar-refractivity contribution is 5.78. The number of guanidine groups is 1. The van der Waals surface area contributed by atoms with Crippen molar-refractivity contribution in [3.63, 3.8) is 0 Å². The molecule has 0 bridgehead atoms. The molecule has 1 saturated heterocycles. The van der Waals surface area contributed by atoms with Gasteiger partial charge in [0.1, 0.15) is 5.60 Å². The summed E-state index contributed by atoms with van der Waals surface area (Å²) >= 11 is 0. The van der Waals surface area contributed by atoms with E-state index in [1.54, 1.807) is 11.1 Å². The third kappa shape index (κ3) is 6.23. The summed E-state index contributed by atoms with van der Waals surface area (Å²) in [6, 6.07) is 10.2. The standard InChI is InChI=1S/C21H30N6O2/c1-21(2,3)29-20(28)26-12-10-25(11-13-26)19(22)23-15-17-6-4-7-18(14-17)16-27-9-5-8-24-27/h4-9,14H,10-13,15-16H2,1-3H3,(H2,22,23). The molecule has 0 spiro atoms. The SMILES string of the molecule is CC(C)(C)OC(=O)N1CCN(C(N)=NCc2cccc(Cn3cccn3)c2)CC1. The van der Waals surface area contributed by atoms with Gasteiger partial charge in [-0.15, -0.1) is 0 Å². The predicted molar refractivity (Wildman–Crippen MR) is 112 cm³/mol. The first-order chi connectivity index (χ1) is 13.8. The lowest BCUT2D eigenvalue weighted by Gasteiger charge is -2.36. The van der Waals surface area contributed by atoms with Crippen LogP contribution in [-0.4, -0.2) is 63.4 Å². The first-order valence-corrected chi connectivity index (χ1v) is 9.88. The zero-order valence-corrected chi connectivity index (χ0v) is 17.4. The van der Waals surface area contributed by atoms with Crippen LogP contribution in [0.15, 0.2) is 47.7 Å². The molecule has 0 atom stereocenters. The van der Waals surface area contributed by atoms with Gasteiger partial charge in [-0.2, -0.15) is 5.10 Å². The Balaban J connectivity index is 1.51. The van der Waals surface area contributed by atoms with Crippen LogP contribution in [0.1, 0.15) is 31.9 Å². The number of hydrogen-bond donors (Lipinski definition) is 1. The average molecular weight is 399 g/mol. The Morgan fingerprint density at radius 3 is 2.48 bits per heavy atom. The van der Waals surface area contributed by atoms with E-state index in [1.807, 2.05) is 54.7 Å². The Bertz CT molecular complexity index is 833. The van der Waals surface area contributed by atoms with Crippen LogP contribution >= 0.6 is 0 Å². The van der Waals surface area contributed by atoms with Gasteiger partial charge in [0, 0.05) is 38.6 Å². The normalized spacial score (nSPS) is 15.5. The maximum absolute atomic E-state index is 12.2. The molecule has 1 aromatic carbocycles. The van der Waals surface area contributed by atoms with Crippen LogP contribution in [-0.2, 0) is 17.8 Å². The van der Waals surface area contributed by atoms with E-state index in [-0.39, 0.29) is 6.09 Å². The second-order valence-electron chi connectivity index (χ2n) is 8.15. The molecular formula is C21H30N6O2. The van der Waals surface area contributed by atoms with E-state index in [9.17, 15) is 4.79 Å². The molecule has 2 N–H and O–H groups in total. The zero-order valence-electron chi connectivity index (χ0n) is 17.4. The zero-order chi connectivity index (χ0) is 20.9. The quantitative estimate of drug-likeness (QED) is 0.631. The number of aliphatic imine (C=N–C) groups is 1. The van der Waals surface area contributed by atoms with Gasteiger partial charge in [-0.05, 0) is 38.0 Å². The average Bonchev–Trinajstić information content (AvgIpc) is 3.18. The second kappa shape index (κ2) is 8.98. The Morgan fingerprint density at radius 1 is 1.14 bits per heavy atom. The molecule has 8 nitrogen and oxygen atoms in total. The van der Waals surface area contributed by atoms with Gasteiger partial charge in [-0.3, -0.25) is 4.68 Å². The van der Waals surface area contributed by atoms with E-state index in [4.69, 9.17) is 10.5 Å². The molecule has 3 rings (SSSR count). The minimum atomic E-state index is -0.485. The minimum Gasteiger partial charge on any atom is -0.444 e. The summed E-state index contributed by atoms with van der Waals surface area (Å²) in [6.07, 6.45) is 3.44. The number of aromatic nitrogens is 2. The third-order valence-electron chi connectivity index (χ3n) is 4.57. The van der Waals surface area contributed by atoms with Gasteiger partial charge in [0.05, 0.1) is 13.1 Å². The Morgan fingerprint density at radius 2 is 1.83 bits per heavy atom. The molecule has 8 heteroatoms. The smallest absolute Gasteiger partial charge is 0.410 e. The van der Waals surface area contributed by atoms with Gasteiger partial charge in [-0.1, -0.05) is 24.3 Å². The van der Waals surface area contributed by atoms with Crippen molar-refractivity contribution in [2.24, 2.45) is 10.7 Å². The van der Waals surface area contributed by atoms with Crippen molar-refractivity contribution in [2.45, 2.75) is 39.5 Å². The molecule has 0 saturated carbocycles. The second-order valence-corrected chi connectivity index (χ2v) is 8.15. The highest BCUT2D eigenvalue weighted by Gasteiger charge is 2.26. The van der Waals surface area contributed by atoms with Crippen molar-refractivity contribution >= 4 is 12.1 Å². The van der Waals surface area contributed by atoms with E-state index in [1.165, 1.54) is 5.56 Å². The molecule has 0 radical (unpaired) electrons. The summed E-state index contributed by atoms with van der Waals surface area (Å²) < 4.78 is 7.32. The molecule has 2 heterocycles. The van der Waals surface area contributed by atoms with E-state index in [0.29, 0.717) is 38.7 Å². The van der Waals surface area contributed by atoms with Gasteiger partial charge in [0.15, 0.2) is 5.96 Å². The highest BCUT2D eigenvalue weighted by atomic mass is 16.6. The van der Waals surface area contributed by atoms with Gasteiger partial charge >= 0.3 is 6.09 Å². The number of piperazine rings is 1. The third-order valence-corrected chi connectivity index (χ3v) is 4.57. The Labute approximate surface area is 171 Å². The molecule has 1 aliphatic rings. The first-order valence-electron chi connectivity index (χ1n) is 9.88. The number of carbonyl (C=O) groups excluding carboxylic acids is 1. The lowest BCUT2D eigenvalue weighted by Crippen LogP contribution is -2.53. The number of amides is 1. The lowest BCUT2D eigenvalue weighted by atomic mass is 10.1. The highest BCUT2D eigenvalue weighted by Crippen LogP contribution is 2.12. The number of nitrogens with zero attached hydrogens (tertiary/aromatic N) is 5. The first kappa shape index (κ1) is 20.7. The Kier molecular flexibility index (Phi) is 6.41. The fraction of sp³-hybridized carbons (Fsp3) is 0.476. The summed E-state index contributed by atoms with van der Waals surface area (Å²) in [4.78, 5) is 20.4. The van der Waals surface area contributed by atoms with Crippen molar-refractivity contribution in [1.29, 1.82) is 0 Å². The van der Waals surface area contributed by atoms with Crippen molar-refractivity contribution in [1.82, 2.24) is 19.6 Å². The van der Waals surface area contributed by atoms with Crippen molar-refractivity contribution in [2.75, 3.05) is 26.2 Å². The minimum absolute atomic E-state index is 0.276. The van der Waals surface area contributed by atoms with Gasteiger partial charge in [-0.25, -0.2) is 9.79 Å². The molecule has 1 aromatic heterocycles. The summed E-state index contributed by atoms with van der Waals surface area (Å²) in [5.41, 5.74) is 7.98. The van der Waals surface area contributed by atoms with Gasteiger partial charge < -0.3 is 20.3 Å². The van der Waals surface area contributed by atoms with Gasteiger partial charge in [0.2, 0.25) is 0 Å². The van der Waals surface area contributed by atoms with Crippen LogP contribution in [0.4, 0.5) is 4.79 Å². The Hall–Kier alpha value is -3.03. The van der Waals surface area contributed by atoms with E-state index < -0.39 is 5.60 Å². The van der Waals surface area contributed by atoms with Crippen LogP contribution in [0.25, 0.3) is 0 Å². The molecular weight excluding hydrogens is 368 g/mol. The molecule has 29 heavy (non-hydrogen) atoms. The van der Waals surface area contributed by atoms with Crippen LogP contribution in [0.2, 0.25) is 0 Å². The summed E-state index contributed by atoms with van der Waals surface area (Å²) in [7, 11) is 0. The van der Waals surface area contributed by atoms with Crippen LogP contribution in [0.5, 0.6) is 0 Å². The summed E-state index contributed by atoms with van der Waals surface area (Å²) in [5.74, 6) is 0.506. The molecule has 1 fully saturated rings. The van der Waals surface area contributed by atoms with Crippen LogP contribution in [0.3, 0.4) is 0 Å². The van der Waals surface area contributed by atoms with Crippen LogP contribution in [0, 0.1) is 0 Å². The number of ether oxygens (including phenoxy) is 1. The number of benzene rings is 1. The molecule has 0 unspecified atom stereocenters. The summed E-state index contributed by atoms with van der Waals surface area (Å²) in [5, 5.41) is 4.24. The predicted octanol–water partition coefficient (Wildman–Crippen LogP) is 2.30. The largest absolute Gasteiger partial charge is 0.444 e. The van der Waals surface area contributed by atoms with Crippen molar-refractivity contribution in [3.8, 4) is 0 Å². The topological polar surface area (TPSA) is 89.0 Å². The lowest BCUT2D eigenvalue weighted by molar-refractivity contribution is 0.0186. The van der Waals surface area contributed by atoms with Gasteiger partial charge in [0.25, 0.3) is 0 Å². The van der Waals surface area contributed by atoms with Crippen molar-refractivity contribution in [3.05, 3.63) is 53.9 Å². The maximum Gasteiger partial charge on any atom is 0.410 e. The van der Waals surface area contributed by atoms with E-state index in [0.717, 1.165) is 12.1 Å². The molecule has 1 amide bonds. The monoisotopic (exact) mass is 398 g/mol. The summed E-state index contributed by atoms with van der Waals surface area (Å²) in [6.45, 7) is 9.30. The molecule has 1 aliphatic heterocycles.